The highest BCUT2D eigenvalue weighted by molar-refractivity contribution is 5.82. The van der Waals surface area contributed by atoms with Crippen LogP contribution < -0.4 is 11.3 Å². The van der Waals surface area contributed by atoms with Gasteiger partial charge in [-0.15, -0.1) is 0 Å². The number of carbonyl (C=O) groups is 2. The zero-order valence-electron chi connectivity index (χ0n) is 8.96. The molecule has 0 atom stereocenters. The molecule has 8 heteroatoms. The summed E-state index contributed by atoms with van der Waals surface area (Å²) in [7, 11) is 1.44. The fourth-order valence-electron chi connectivity index (χ4n) is 0.854. The summed E-state index contributed by atoms with van der Waals surface area (Å²) in [6.07, 6.45) is 3.28. The van der Waals surface area contributed by atoms with E-state index in [0.29, 0.717) is 6.42 Å². The Bertz CT molecular complexity index is 289. The van der Waals surface area contributed by atoms with Gasteiger partial charge in [-0.3, -0.25) is 15.0 Å². The molecule has 0 radical (unpaired) electrons. The third kappa shape index (κ3) is 7.30. The molecular weight excluding hydrogens is 214 g/mol. The smallest absolute Gasteiger partial charge is 0.323 e. The number of hydrogen-bond donors (Lipinski definition) is 3. The molecule has 0 fully saturated rings. The van der Waals surface area contributed by atoms with Crippen molar-refractivity contribution in [2.45, 2.75) is 12.8 Å². The van der Waals surface area contributed by atoms with Gasteiger partial charge in [0.1, 0.15) is 12.9 Å². The van der Waals surface area contributed by atoms with Gasteiger partial charge >= 0.3 is 5.97 Å². The van der Waals surface area contributed by atoms with Crippen LogP contribution >= 0.6 is 0 Å². The van der Waals surface area contributed by atoms with E-state index in [-0.39, 0.29) is 18.9 Å². The maximum absolute atomic E-state index is 11.3. The van der Waals surface area contributed by atoms with E-state index in [1.807, 2.05) is 0 Å². The van der Waals surface area contributed by atoms with E-state index in [9.17, 15) is 9.59 Å². The SMILES string of the molecule is CN(CC(=O)O)C(=O)CCC=NNC=NN. The van der Waals surface area contributed by atoms with Gasteiger partial charge in [0.05, 0.1) is 0 Å². The predicted molar refractivity (Wildman–Crippen MR) is 58.8 cm³/mol. The average Bonchev–Trinajstić information content (AvgIpc) is 2.21. The van der Waals surface area contributed by atoms with Crippen molar-refractivity contribution in [3.05, 3.63) is 0 Å². The van der Waals surface area contributed by atoms with Crippen LogP contribution in [0.2, 0.25) is 0 Å². The zero-order chi connectivity index (χ0) is 12.4. The van der Waals surface area contributed by atoms with E-state index in [0.717, 1.165) is 4.90 Å². The van der Waals surface area contributed by atoms with Crippen LogP contribution in [0, 0.1) is 0 Å². The predicted octanol–water partition coefficient (Wildman–Crippen LogP) is -1.21. The van der Waals surface area contributed by atoms with Crippen molar-refractivity contribution in [2.24, 2.45) is 16.0 Å². The van der Waals surface area contributed by atoms with Crippen molar-refractivity contribution >= 4 is 24.4 Å². The van der Waals surface area contributed by atoms with Gasteiger partial charge in [0.25, 0.3) is 0 Å². The molecule has 0 saturated carbocycles. The van der Waals surface area contributed by atoms with E-state index in [2.05, 4.69) is 15.6 Å². The monoisotopic (exact) mass is 229 g/mol. The Morgan fingerprint density at radius 2 is 2.25 bits per heavy atom. The van der Waals surface area contributed by atoms with Crippen molar-refractivity contribution in [3.8, 4) is 0 Å². The van der Waals surface area contributed by atoms with Crippen LogP contribution in [0.15, 0.2) is 10.2 Å². The molecule has 0 heterocycles. The molecule has 0 saturated heterocycles. The highest BCUT2D eigenvalue weighted by Crippen LogP contribution is 1.93. The Labute approximate surface area is 92.8 Å². The minimum absolute atomic E-state index is 0.203. The van der Waals surface area contributed by atoms with Gasteiger partial charge in [-0.05, 0) is 6.42 Å². The topological polar surface area (TPSA) is 120 Å². The third-order valence-corrected chi connectivity index (χ3v) is 1.58. The van der Waals surface area contributed by atoms with Crippen LogP contribution in [0.3, 0.4) is 0 Å². The van der Waals surface area contributed by atoms with E-state index in [1.54, 1.807) is 0 Å². The number of likely N-dealkylation sites (N-methyl/N-ethyl adjacent to an activating group) is 1. The second-order valence-electron chi connectivity index (χ2n) is 2.90. The first-order valence-electron chi connectivity index (χ1n) is 4.52. The van der Waals surface area contributed by atoms with E-state index in [1.165, 1.54) is 19.6 Å². The molecule has 0 aliphatic rings. The number of carboxylic acid groups (broad SMARTS) is 1. The summed E-state index contributed by atoms with van der Waals surface area (Å²) in [5, 5.41) is 15.2. The van der Waals surface area contributed by atoms with Gasteiger partial charge in [-0.2, -0.15) is 10.2 Å². The minimum Gasteiger partial charge on any atom is -0.480 e. The van der Waals surface area contributed by atoms with E-state index in [4.69, 9.17) is 10.9 Å². The molecule has 4 N–H and O–H groups in total. The lowest BCUT2D eigenvalue weighted by Crippen LogP contribution is -2.31. The number of amides is 1. The van der Waals surface area contributed by atoms with Crippen molar-refractivity contribution in [1.29, 1.82) is 0 Å². The van der Waals surface area contributed by atoms with Gasteiger partial charge in [0, 0.05) is 19.7 Å². The lowest BCUT2D eigenvalue weighted by molar-refractivity contribution is -0.143. The fraction of sp³-hybridized carbons (Fsp3) is 0.500. The summed E-state index contributed by atoms with van der Waals surface area (Å²) in [5.41, 5.74) is 2.40. The Morgan fingerprint density at radius 3 is 2.81 bits per heavy atom. The average molecular weight is 229 g/mol. The molecule has 0 aromatic heterocycles. The zero-order valence-corrected chi connectivity index (χ0v) is 8.96. The number of aliphatic carboxylic acids is 1. The van der Waals surface area contributed by atoms with Crippen molar-refractivity contribution in [3.63, 3.8) is 0 Å². The normalized spacial score (nSPS) is 10.8. The number of nitrogens with zero attached hydrogens (tertiary/aromatic N) is 3. The molecule has 0 spiro atoms. The summed E-state index contributed by atoms with van der Waals surface area (Å²) in [4.78, 5) is 22.8. The first-order chi connectivity index (χ1) is 7.57. The van der Waals surface area contributed by atoms with Crippen molar-refractivity contribution in [1.82, 2.24) is 10.3 Å². The van der Waals surface area contributed by atoms with Crippen molar-refractivity contribution in [2.75, 3.05) is 13.6 Å². The summed E-state index contributed by atoms with van der Waals surface area (Å²) in [5.74, 6) is 3.51. The van der Waals surface area contributed by atoms with Gasteiger partial charge in [0.2, 0.25) is 5.91 Å². The number of hydrogen-bond acceptors (Lipinski definition) is 5. The highest BCUT2D eigenvalue weighted by Gasteiger charge is 2.10. The summed E-state index contributed by atoms with van der Waals surface area (Å²) in [6, 6.07) is 0. The Kier molecular flexibility index (Phi) is 7.12. The molecule has 8 nitrogen and oxygen atoms in total. The van der Waals surface area contributed by atoms with Crippen LogP contribution in [0.25, 0.3) is 0 Å². The van der Waals surface area contributed by atoms with Crippen LogP contribution in [0.5, 0.6) is 0 Å². The molecule has 1 amide bonds. The number of rotatable bonds is 7. The third-order valence-electron chi connectivity index (χ3n) is 1.58. The van der Waals surface area contributed by atoms with Crippen LogP contribution in [-0.4, -0.2) is 48.0 Å². The molecule has 16 heavy (non-hydrogen) atoms. The lowest BCUT2D eigenvalue weighted by Gasteiger charge is -2.13. The molecule has 0 aliphatic heterocycles. The molecule has 0 aromatic carbocycles. The van der Waals surface area contributed by atoms with Gasteiger partial charge in [-0.1, -0.05) is 0 Å². The Hall–Kier alpha value is -2.12. The number of carbonyl (C=O) groups excluding carboxylic acids is 1. The molecule has 90 valence electrons. The first kappa shape index (κ1) is 13.9. The maximum Gasteiger partial charge on any atom is 0.323 e. The van der Waals surface area contributed by atoms with E-state index >= 15 is 0 Å². The second-order valence-corrected chi connectivity index (χ2v) is 2.90. The molecule has 0 aromatic rings. The van der Waals surface area contributed by atoms with Gasteiger partial charge < -0.3 is 15.8 Å². The Balaban J connectivity index is 3.72. The summed E-state index contributed by atoms with van der Waals surface area (Å²) >= 11 is 0. The van der Waals surface area contributed by atoms with Gasteiger partial charge in [0.15, 0.2) is 0 Å². The standard InChI is InChI=1S/C8H15N5O3/c1-13(5-8(15)16)7(14)3-2-4-11-12-6-10-9/h4,6H,2-3,5,9H2,1H3,(H,10,12)(H,15,16). The second kappa shape index (κ2) is 8.21. The molecule has 0 aliphatic carbocycles. The maximum atomic E-state index is 11.3. The summed E-state index contributed by atoms with van der Waals surface area (Å²) < 4.78 is 0. The quantitative estimate of drug-likeness (QED) is 0.219. The highest BCUT2D eigenvalue weighted by atomic mass is 16.4. The first-order valence-corrected chi connectivity index (χ1v) is 4.52. The largest absolute Gasteiger partial charge is 0.480 e. The number of nitrogens with two attached hydrogens (primary N) is 1. The van der Waals surface area contributed by atoms with Crippen molar-refractivity contribution < 1.29 is 14.7 Å². The minimum atomic E-state index is -1.04. The van der Waals surface area contributed by atoms with Crippen LogP contribution in [0.4, 0.5) is 0 Å². The molecule has 0 unspecified atom stereocenters. The lowest BCUT2D eigenvalue weighted by atomic mass is 10.3. The fourth-order valence-corrected chi connectivity index (χ4v) is 0.854. The molecule has 0 bridgehead atoms. The number of hydrazone groups is 2. The Morgan fingerprint density at radius 1 is 1.56 bits per heavy atom. The van der Waals surface area contributed by atoms with E-state index < -0.39 is 5.97 Å². The number of carboxylic acids is 1. The van der Waals surface area contributed by atoms with Crippen LogP contribution in [0.1, 0.15) is 12.8 Å². The van der Waals surface area contributed by atoms with Crippen LogP contribution in [-0.2, 0) is 9.59 Å². The molecular formula is C8H15N5O3. The molecule has 0 rings (SSSR count). The summed E-state index contributed by atoms with van der Waals surface area (Å²) in [6.45, 7) is -0.298. The van der Waals surface area contributed by atoms with Gasteiger partial charge in [-0.25, -0.2) is 0 Å². The number of nitrogens with one attached hydrogen (secondary N) is 1.